The molecule has 29 heavy (non-hydrogen) atoms. The van der Waals surface area contributed by atoms with Crippen LogP contribution < -0.4 is 5.73 Å². The molecule has 1 aliphatic heterocycles. The summed E-state index contributed by atoms with van der Waals surface area (Å²) in [5.41, 5.74) is 7.65. The van der Waals surface area contributed by atoms with E-state index in [2.05, 4.69) is 15.1 Å². The fourth-order valence-electron chi connectivity index (χ4n) is 3.47. The van der Waals surface area contributed by atoms with Crippen LogP contribution in [0.25, 0.3) is 5.69 Å². The van der Waals surface area contributed by atoms with Crippen molar-refractivity contribution in [2.75, 3.05) is 12.3 Å². The Morgan fingerprint density at radius 1 is 1.21 bits per heavy atom. The second-order valence-corrected chi connectivity index (χ2v) is 6.90. The molecule has 0 spiro atoms. The van der Waals surface area contributed by atoms with E-state index in [1.807, 2.05) is 0 Å². The second-order valence-electron chi connectivity index (χ2n) is 6.90. The quantitative estimate of drug-likeness (QED) is 0.680. The predicted molar refractivity (Wildman–Crippen MR) is 103 cm³/mol. The Balaban J connectivity index is 1.60. The molecule has 0 aliphatic carbocycles. The van der Waals surface area contributed by atoms with E-state index in [1.54, 1.807) is 13.0 Å². The SMILES string of the molecule is Cc1cnc(C(=O)N2CCC[C@H]2C(=O)c2cnn(-c3cccc(F)c3)c2N)cn1. The van der Waals surface area contributed by atoms with Gasteiger partial charge in [-0.15, -0.1) is 0 Å². The molecule has 8 nitrogen and oxygen atoms in total. The molecule has 1 aliphatic rings. The summed E-state index contributed by atoms with van der Waals surface area (Å²) in [4.78, 5) is 35.7. The van der Waals surface area contributed by atoms with Crippen LogP contribution in [0.2, 0.25) is 0 Å². The summed E-state index contributed by atoms with van der Waals surface area (Å²) >= 11 is 0. The van der Waals surface area contributed by atoms with Gasteiger partial charge in [-0.1, -0.05) is 6.07 Å². The van der Waals surface area contributed by atoms with Crippen molar-refractivity contribution in [3.63, 3.8) is 0 Å². The van der Waals surface area contributed by atoms with Crippen molar-refractivity contribution in [1.82, 2.24) is 24.6 Å². The molecule has 0 radical (unpaired) electrons. The molecule has 1 amide bonds. The summed E-state index contributed by atoms with van der Waals surface area (Å²) in [6, 6.07) is 5.11. The van der Waals surface area contributed by atoms with Gasteiger partial charge < -0.3 is 10.6 Å². The van der Waals surface area contributed by atoms with Gasteiger partial charge in [0.05, 0.1) is 35.4 Å². The zero-order valence-electron chi connectivity index (χ0n) is 15.7. The number of halogens is 1. The Kier molecular flexibility index (Phi) is 4.79. The van der Waals surface area contributed by atoms with Crippen LogP contribution in [-0.2, 0) is 0 Å². The highest BCUT2D eigenvalue weighted by molar-refractivity contribution is 6.06. The summed E-state index contributed by atoms with van der Waals surface area (Å²) in [5.74, 6) is -0.965. The molecule has 3 heterocycles. The number of nitrogen functional groups attached to an aromatic ring is 1. The molecule has 2 N–H and O–H groups in total. The summed E-state index contributed by atoms with van der Waals surface area (Å²) in [6.07, 6.45) is 5.50. The highest BCUT2D eigenvalue weighted by Gasteiger charge is 2.37. The van der Waals surface area contributed by atoms with Gasteiger partial charge in [-0.2, -0.15) is 5.10 Å². The number of nitrogens with zero attached hydrogens (tertiary/aromatic N) is 5. The van der Waals surface area contributed by atoms with Crippen molar-refractivity contribution in [2.24, 2.45) is 0 Å². The number of carbonyl (C=O) groups is 2. The molecule has 1 fully saturated rings. The average Bonchev–Trinajstić information content (AvgIpc) is 3.34. The van der Waals surface area contributed by atoms with Gasteiger partial charge in [-0.3, -0.25) is 14.6 Å². The molecule has 1 aromatic carbocycles. The van der Waals surface area contributed by atoms with Gasteiger partial charge in [0.25, 0.3) is 5.91 Å². The monoisotopic (exact) mass is 394 g/mol. The standard InChI is InChI=1S/C20H19FN6O2/c1-12-9-24-16(11-23-12)20(29)26-7-3-6-17(26)18(28)15-10-25-27(19(15)22)14-5-2-4-13(21)8-14/h2,4-5,8-11,17H,3,6-7,22H2,1H3/t17-/m0/s1. The van der Waals surface area contributed by atoms with Gasteiger partial charge >= 0.3 is 0 Å². The number of aryl methyl sites for hydroxylation is 1. The van der Waals surface area contributed by atoms with Crippen LogP contribution in [0.3, 0.4) is 0 Å². The number of Topliss-reactive ketones (excluding diaryl/α,β-unsaturated/α-hetero) is 1. The molecule has 0 saturated carbocycles. The Labute approximate surface area is 166 Å². The van der Waals surface area contributed by atoms with Crippen LogP contribution in [0, 0.1) is 12.7 Å². The summed E-state index contributed by atoms with van der Waals surface area (Å²) in [6.45, 7) is 2.23. The molecule has 0 unspecified atom stereocenters. The highest BCUT2D eigenvalue weighted by Crippen LogP contribution is 2.26. The van der Waals surface area contributed by atoms with E-state index in [9.17, 15) is 14.0 Å². The normalized spacial score (nSPS) is 16.2. The lowest BCUT2D eigenvalue weighted by molar-refractivity contribution is 0.0667. The van der Waals surface area contributed by atoms with Crippen LogP contribution in [0.4, 0.5) is 10.2 Å². The van der Waals surface area contributed by atoms with Gasteiger partial charge in [-0.05, 0) is 38.0 Å². The van der Waals surface area contributed by atoms with Crippen molar-refractivity contribution >= 4 is 17.5 Å². The Morgan fingerprint density at radius 2 is 2.03 bits per heavy atom. The summed E-state index contributed by atoms with van der Waals surface area (Å²) in [7, 11) is 0. The lowest BCUT2D eigenvalue weighted by Gasteiger charge is -2.23. The average molecular weight is 394 g/mol. The fourth-order valence-corrected chi connectivity index (χ4v) is 3.47. The number of hydrogen-bond donors (Lipinski definition) is 1. The van der Waals surface area contributed by atoms with Crippen molar-refractivity contribution < 1.29 is 14.0 Å². The Morgan fingerprint density at radius 3 is 2.76 bits per heavy atom. The lowest BCUT2D eigenvalue weighted by Crippen LogP contribution is -2.41. The van der Waals surface area contributed by atoms with E-state index < -0.39 is 11.9 Å². The highest BCUT2D eigenvalue weighted by atomic mass is 19.1. The van der Waals surface area contributed by atoms with Crippen LogP contribution >= 0.6 is 0 Å². The number of ketones is 1. The second kappa shape index (κ2) is 7.42. The number of rotatable bonds is 4. The number of amides is 1. The third-order valence-electron chi connectivity index (χ3n) is 4.94. The minimum Gasteiger partial charge on any atom is -0.383 e. The van der Waals surface area contributed by atoms with E-state index in [0.29, 0.717) is 30.8 Å². The first kappa shape index (κ1) is 18.7. The number of nitrogens with two attached hydrogens (primary N) is 1. The summed E-state index contributed by atoms with van der Waals surface area (Å²) < 4.78 is 14.8. The van der Waals surface area contributed by atoms with Gasteiger partial charge in [-0.25, -0.2) is 14.1 Å². The maximum atomic E-state index is 13.5. The largest absolute Gasteiger partial charge is 0.383 e. The van der Waals surface area contributed by atoms with E-state index >= 15 is 0 Å². The Bertz CT molecular complexity index is 1080. The smallest absolute Gasteiger partial charge is 0.274 e. The molecule has 0 bridgehead atoms. The number of likely N-dealkylation sites (tertiary alicyclic amines) is 1. The number of aromatic nitrogens is 4. The Hall–Kier alpha value is -3.62. The number of carbonyl (C=O) groups excluding carboxylic acids is 2. The molecular weight excluding hydrogens is 375 g/mol. The van der Waals surface area contributed by atoms with Gasteiger partial charge in [0, 0.05) is 12.7 Å². The number of anilines is 1. The predicted octanol–water partition coefficient (Wildman–Crippen LogP) is 2.18. The minimum atomic E-state index is -0.655. The minimum absolute atomic E-state index is 0.107. The molecule has 2 aromatic heterocycles. The topological polar surface area (TPSA) is 107 Å². The van der Waals surface area contributed by atoms with Gasteiger partial charge in [0.15, 0.2) is 5.78 Å². The van der Waals surface area contributed by atoms with Crippen LogP contribution in [0.15, 0.2) is 42.9 Å². The van der Waals surface area contributed by atoms with Crippen molar-refractivity contribution in [3.8, 4) is 5.69 Å². The van der Waals surface area contributed by atoms with Crippen molar-refractivity contribution in [1.29, 1.82) is 0 Å². The molecular formula is C20H19FN6O2. The molecule has 1 saturated heterocycles. The van der Waals surface area contributed by atoms with E-state index in [-0.39, 0.29) is 28.8 Å². The maximum absolute atomic E-state index is 13.5. The summed E-state index contributed by atoms with van der Waals surface area (Å²) in [5, 5.41) is 4.14. The van der Waals surface area contributed by atoms with Gasteiger partial charge in [0.2, 0.25) is 0 Å². The van der Waals surface area contributed by atoms with E-state index in [0.717, 1.165) is 0 Å². The first-order chi connectivity index (χ1) is 14.0. The van der Waals surface area contributed by atoms with Gasteiger partial charge in [0.1, 0.15) is 17.3 Å². The fraction of sp³-hybridized carbons (Fsp3) is 0.250. The lowest BCUT2D eigenvalue weighted by atomic mass is 10.0. The van der Waals surface area contributed by atoms with Crippen LogP contribution in [-0.4, -0.2) is 48.9 Å². The third kappa shape index (κ3) is 3.46. The molecule has 3 aromatic rings. The van der Waals surface area contributed by atoms with E-state index in [4.69, 9.17) is 5.73 Å². The molecule has 4 rings (SSSR count). The maximum Gasteiger partial charge on any atom is 0.274 e. The zero-order chi connectivity index (χ0) is 20.5. The third-order valence-corrected chi connectivity index (χ3v) is 4.94. The molecule has 148 valence electrons. The zero-order valence-corrected chi connectivity index (χ0v) is 15.7. The molecule has 1 atom stereocenters. The first-order valence-electron chi connectivity index (χ1n) is 9.19. The first-order valence-corrected chi connectivity index (χ1v) is 9.19. The van der Waals surface area contributed by atoms with Crippen LogP contribution in [0.5, 0.6) is 0 Å². The van der Waals surface area contributed by atoms with Crippen molar-refractivity contribution in [3.05, 3.63) is 65.6 Å². The van der Waals surface area contributed by atoms with Crippen molar-refractivity contribution in [2.45, 2.75) is 25.8 Å². The van der Waals surface area contributed by atoms with E-state index in [1.165, 1.54) is 46.4 Å². The molecule has 9 heteroatoms. The number of hydrogen-bond acceptors (Lipinski definition) is 6. The van der Waals surface area contributed by atoms with Crippen LogP contribution in [0.1, 0.15) is 39.4 Å². The number of benzene rings is 1.